The quantitative estimate of drug-likeness (QED) is 0.878. The highest BCUT2D eigenvalue weighted by molar-refractivity contribution is 9.10. The SMILES string of the molecule is CCOc1ccc(Br)cc1C(NC)c1ccc(F)cc1. The van der Waals surface area contributed by atoms with Crippen LogP contribution in [0.15, 0.2) is 46.9 Å². The Morgan fingerprint density at radius 3 is 2.50 bits per heavy atom. The van der Waals surface area contributed by atoms with Crippen LogP contribution in [0.1, 0.15) is 24.1 Å². The number of hydrogen-bond acceptors (Lipinski definition) is 2. The molecule has 0 spiro atoms. The molecule has 1 unspecified atom stereocenters. The molecule has 20 heavy (non-hydrogen) atoms. The van der Waals surface area contributed by atoms with Gasteiger partial charge in [-0.3, -0.25) is 0 Å². The molecule has 2 aromatic carbocycles. The van der Waals surface area contributed by atoms with Crippen LogP contribution in [0, 0.1) is 5.82 Å². The first-order chi connectivity index (χ1) is 9.65. The summed E-state index contributed by atoms with van der Waals surface area (Å²) in [7, 11) is 1.88. The van der Waals surface area contributed by atoms with Gasteiger partial charge in [0.15, 0.2) is 0 Å². The van der Waals surface area contributed by atoms with E-state index in [-0.39, 0.29) is 11.9 Å². The fourth-order valence-corrected chi connectivity index (χ4v) is 2.57. The molecule has 1 atom stereocenters. The van der Waals surface area contributed by atoms with E-state index in [9.17, 15) is 4.39 Å². The number of ether oxygens (including phenoxy) is 1. The molecule has 2 aromatic rings. The summed E-state index contributed by atoms with van der Waals surface area (Å²) >= 11 is 3.49. The van der Waals surface area contributed by atoms with Gasteiger partial charge in [-0.15, -0.1) is 0 Å². The van der Waals surface area contributed by atoms with E-state index in [0.29, 0.717) is 6.61 Å². The first-order valence-corrected chi connectivity index (χ1v) is 7.30. The van der Waals surface area contributed by atoms with Crippen molar-refractivity contribution in [2.45, 2.75) is 13.0 Å². The summed E-state index contributed by atoms with van der Waals surface area (Å²) in [6.07, 6.45) is 0. The summed E-state index contributed by atoms with van der Waals surface area (Å²) in [5, 5.41) is 3.26. The average molecular weight is 338 g/mol. The van der Waals surface area contributed by atoms with Gasteiger partial charge in [0.2, 0.25) is 0 Å². The first kappa shape index (κ1) is 15.0. The number of benzene rings is 2. The van der Waals surface area contributed by atoms with Gasteiger partial charge in [-0.1, -0.05) is 28.1 Å². The molecule has 2 rings (SSSR count). The molecule has 0 saturated carbocycles. The normalized spacial score (nSPS) is 12.2. The van der Waals surface area contributed by atoms with E-state index in [4.69, 9.17) is 4.74 Å². The number of nitrogens with one attached hydrogen (secondary N) is 1. The minimum absolute atomic E-state index is 0.0466. The Bertz CT molecular complexity index is 571. The Hall–Kier alpha value is -1.39. The Morgan fingerprint density at radius 1 is 1.20 bits per heavy atom. The highest BCUT2D eigenvalue weighted by Gasteiger charge is 2.17. The summed E-state index contributed by atoms with van der Waals surface area (Å²) in [5.41, 5.74) is 2.02. The molecule has 0 aliphatic carbocycles. The van der Waals surface area contributed by atoms with Gasteiger partial charge in [-0.05, 0) is 49.9 Å². The minimum atomic E-state index is -0.233. The molecule has 0 fully saturated rings. The largest absolute Gasteiger partial charge is 0.494 e. The molecule has 1 N–H and O–H groups in total. The van der Waals surface area contributed by atoms with Crippen molar-refractivity contribution in [3.8, 4) is 5.75 Å². The fourth-order valence-electron chi connectivity index (χ4n) is 2.19. The van der Waals surface area contributed by atoms with E-state index < -0.39 is 0 Å². The predicted molar refractivity (Wildman–Crippen MR) is 82.6 cm³/mol. The highest BCUT2D eigenvalue weighted by atomic mass is 79.9. The molecular weight excluding hydrogens is 321 g/mol. The molecule has 0 aromatic heterocycles. The van der Waals surface area contributed by atoms with Gasteiger partial charge in [0.1, 0.15) is 11.6 Å². The van der Waals surface area contributed by atoms with Crippen LogP contribution < -0.4 is 10.1 Å². The van der Waals surface area contributed by atoms with E-state index in [1.54, 1.807) is 12.1 Å². The summed E-state index contributed by atoms with van der Waals surface area (Å²) in [6.45, 7) is 2.56. The third-order valence-corrected chi connectivity index (χ3v) is 3.57. The topological polar surface area (TPSA) is 21.3 Å². The summed E-state index contributed by atoms with van der Waals surface area (Å²) in [4.78, 5) is 0. The molecule has 106 valence electrons. The van der Waals surface area contributed by atoms with E-state index in [1.807, 2.05) is 32.2 Å². The van der Waals surface area contributed by atoms with Crippen LogP contribution in [0.4, 0.5) is 4.39 Å². The Labute approximate surface area is 127 Å². The maximum atomic E-state index is 13.1. The van der Waals surface area contributed by atoms with E-state index in [1.165, 1.54) is 12.1 Å². The van der Waals surface area contributed by atoms with Crippen LogP contribution >= 0.6 is 15.9 Å². The van der Waals surface area contributed by atoms with Gasteiger partial charge in [0.05, 0.1) is 12.6 Å². The van der Waals surface area contributed by atoms with Crippen LogP contribution in [0.5, 0.6) is 5.75 Å². The molecule has 0 aliphatic rings. The second-order valence-corrected chi connectivity index (χ2v) is 5.30. The first-order valence-electron chi connectivity index (χ1n) is 6.50. The molecular formula is C16H17BrFNO. The fraction of sp³-hybridized carbons (Fsp3) is 0.250. The highest BCUT2D eigenvalue weighted by Crippen LogP contribution is 2.32. The monoisotopic (exact) mass is 337 g/mol. The predicted octanol–water partition coefficient (Wildman–Crippen LogP) is 4.30. The van der Waals surface area contributed by atoms with Crippen LogP contribution in [0.3, 0.4) is 0 Å². The Morgan fingerprint density at radius 2 is 1.90 bits per heavy atom. The number of halogens is 2. The lowest BCUT2D eigenvalue weighted by molar-refractivity contribution is 0.334. The molecule has 0 radical (unpaired) electrons. The van der Waals surface area contributed by atoms with Crippen molar-refractivity contribution in [2.24, 2.45) is 0 Å². The number of hydrogen-bond donors (Lipinski definition) is 1. The molecule has 0 amide bonds. The third-order valence-electron chi connectivity index (χ3n) is 3.07. The summed E-state index contributed by atoms with van der Waals surface area (Å²) < 4.78 is 19.7. The van der Waals surface area contributed by atoms with Crippen molar-refractivity contribution in [1.29, 1.82) is 0 Å². The molecule has 2 nitrogen and oxygen atoms in total. The Kier molecular flexibility index (Phi) is 5.15. The van der Waals surface area contributed by atoms with Gasteiger partial charge >= 0.3 is 0 Å². The van der Waals surface area contributed by atoms with Crippen molar-refractivity contribution in [1.82, 2.24) is 5.32 Å². The smallest absolute Gasteiger partial charge is 0.124 e. The summed E-state index contributed by atoms with van der Waals surface area (Å²) in [6, 6.07) is 12.4. The van der Waals surface area contributed by atoms with Crippen LogP contribution in [-0.4, -0.2) is 13.7 Å². The third kappa shape index (κ3) is 3.38. The second-order valence-electron chi connectivity index (χ2n) is 4.39. The summed E-state index contributed by atoms with van der Waals surface area (Å²) in [5.74, 6) is 0.599. The molecule has 0 bridgehead atoms. The van der Waals surface area contributed by atoms with Crippen LogP contribution in [-0.2, 0) is 0 Å². The zero-order valence-corrected chi connectivity index (χ0v) is 13.1. The Balaban J connectivity index is 2.45. The average Bonchev–Trinajstić information content (AvgIpc) is 2.45. The minimum Gasteiger partial charge on any atom is -0.494 e. The molecule has 0 saturated heterocycles. The van der Waals surface area contributed by atoms with Gasteiger partial charge < -0.3 is 10.1 Å². The standard InChI is InChI=1S/C16H17BrFNO/c1-3-20-15-9-6-12(17)10-14(15)16(19-2)11-4-7-13(18)8-5-11/h4-10,16,19H,3H2,1-2H3. The van der Waals surface area contributed by atoms with Crippen LogP contribution in [0.25, 0.3) is 0 Å². The van der Waals surface area contributed by atoms with Gasteiger partial charge in [-0.2, -0.15) is 0 Å². The lowest BCUT2D eigenvalue weighted by atomic mass is 9.98. The number of rotatable bonds is 5. The second kappa shape index (κ2) is 6.86. The van der Waals surface area contributed by atoms with Crippen molar-refractivity contribution in [2.75, 3.05) is 13.7 Å². The maximum Gasteiger partial charge on any atom is 0.124 e. The van der Waals surface area contributed by atoms with Crippen LogP contribution in [0.2, 0.25) is 0 Å². The molecule has 0 aliphatic heterocycles. The van der Waals surface area contributed by atoms with Gasteiger partial charge in [0.25, 0.3) is 0 Å². The van der Waals surface area contributed by atoms with Crippen molar-refractivity contribution in [3.63, 3.8) is 0 Å². The lowest BCUT2D eigenvalue weighted by Crippen LogP contribution is -2.18. The van der Waals surface area contributed by atoms with E-state index in [0.717, 1.165) is 21.3 Å². The van der Waals surface area contributed by atoms with Gasteiger partial charge in [0, 0.05) is 10.0 Å². The van der Waals surface area contributed by atoms with Crippen molar-refractivity contribution >= 4 is 15.9 Å². The molecule has 0 heterocycles. The zero-order valence-electron chi connectivity index (χ0n) is 11.5. The van der Waals surface area contributed by atoms with Crippen molar-refractivity contribution < 1.29 is 9.13 Å². The van der Waals surface area contributed by atoms with Gasteiger partial charge in [-0.25, -0.2) is 4.39 Å². The lowest BCUT2D eigenvalue weighted by Gasteiger charge is -2.21. The van der Waals surface area contributed by atoms with Crippen molar-refractivity contribution in [3.05, 3.63) is 63.9 Å². The van der Waals surface area contributed by atoms with E-state index in [2.05, 4.69) is 21.2 Å². The molecule has 4 heteroatoms. The zero-order chi connectivity index (χ0) is 14.5. The maximum absolute atomic E-state index is 13.1. The van der Waals surface area contributed by atoms with E-state index >= 15 is 0 Å².